The van der Waals surface area contributed by atoms with Gasteiger partial charge in [0.15, 0.2) is 0 Å². The number of hydrogen-bond acceptors (Lipinski definition) is 1. The topological polar surface area (TPSA) is 44.9 Å². The molecule has 0 spiro atoms. The molecule has 100 valence electrons. The summed E-state index contributed by atoms with van der Waals surface area (Å²) in [6.45, 7) is 0. The summed E-state index contributed by atoms with van der Waals surface area (Å²) in [7, 11) is 0. The van der Waals surface area contributed by atoms with Crippen molar-refractivity contribution in [2.45, 2.75) is 0 Å². The van der Waals surface area contributed by atoms with E-state index in [0.717, 1.165) is 10.9 Å². The zero-order valence-electron chi connectivity index (χ0n) is 10.3. The van der Waals surface area contributed by atoms with Gasteiger partial charge in [-0.1, -0.05) is 22.0 Å². The average molecular weight is 333 g/mol. The van der Waals surface area contributed by atoms with E-state index < -0.39 is 5.82 Å². The molecule has 0 saturated carbocycles. The maximum atomic E-state index is 13.7. The van der Waals surface area contributed by atoms with Crippen LogP contribution < -0.4 is 5.32 Å². The summed E-state index contributed by atoms with van der Waals surface area (Å²) in [4.78, 5) is 15.3. The third kappa shape index (κ3) is 2.32. The van der Waals surface area contributed by atoms with Gasteiger partial charge in [-0.25, -0.2) is 4.39 Å². The molecule has 20 heavy (non-hydrogen) atoms. The molecule has 2 aromatic carbocycles. The number of rotatable bonds is 2. The van der Waals surface area contributed by atoms with Gasteiger partial charge in [0, 0.05) is 27.1 Å². The van der Waals surface area contributed by atoms with E-state index in [-0.39, 0.29) is 11.6 Å². The highest BCUT2D eigenvalue weighted by Gasteiger charge is 2.12. The lowest BCUT2D eigenvalue weighted by molar-refractivity contribution is 0.102. The summed E-state index contributed by atoms with van der Waals surface area (Å²) in [5.74, 6) is -0.814. The minimum absolute atomic E-state index is 0.158. The molecule has 0 atom stereocenters. The number of aromatic nitrogens is 1. The summed E-state index contributed by atoms with van der Waals surface area (Å²) >= 11 is 3.18. The van der Waals surface area contributed by atoms with Crippen LogP contribution in [0.3, 0.4) is 0 Å². The molecular weight excluding hydrogens is 323 g/mol. The van der Waals surface area contributed by atoms with Crippen molar-refractivity contribution in [2.24, 2.45) is 0 Å². The standard InChI is InChI=1S/C15H10BrFN2O/c16-9-4-5-14(12(17)8-9)19-15(20)11-2-1-3-13-10(11)6-7-18-13/h1-8,18H,(H,19,20). The smallest absolute Gasteiger partial charge is 0.256 e. The second-order valence-corrected chi connectivity index (χ2v) is 5.24. The Morgan fingerprint density at radius 1 is 1.20 bits per heavy atom. The Kier molecular flexibility index (Phi) is 3.28. The number of fused-ring (bicyclic) bond motifs is 1. The fourth-order valence-electron chi connectivity index (χ4n) is 2.06. The molecule has 3 nitrogen and oxygen atoms in total. The quantitative estimate of drug-likeness (QED) is 0.721. The van der Waals surface area contributed by atoms with Crippen LogP contribution in [0.1, 0.15) is 10.4 Å². The molecule has 1 amide bonds. The molecule has 0 aliphatic carbocycles. The van der Waals surface area contributed by atoms with Crippen molar-refractivity contribution >= 4 is 38.4 Å². The number of carbonyl (C=O) groups is 1. The molecule has 1 aromatic heterocycles. The van der Waals surface area contributed by atoms with Crippen molar-refractivity contribution in [1.82, 2.24) is 4.98 Å². The molecule has 0 radical (unpaired) electrons. The van der Waals surface area contributed by atoms with Crippen LogP contribution in [0.5, 0.6) is 0 Å². The Hall–Kier alpha value is -2.14. The number of H-pyrrole nitrogens is 1. The summed E-state index contributed by atoms with van der Waals surface area (Å²) in [6.07, 6.45) is 1.77. The highest BCUT2D eigenvalue weighted by molar-refractivity contribution is 9.10. The molecule has 0 unspecified atom stereocenters. The molecule has 0 fully saturated rings. The van der Waals surface area contributed by atoms with Crippen molar-refractivity contribution in [3.8, 4) is 0 Å². The molecule has 0 bridgehead atoms. The van der Waals surface area contributed by atoms with Crippen molar-refractivity contribution in [1.29, 1.82) is 0 Å². The van der Waals surface area contributed by atoms with E-state index in [2.05, 4.69) is 26.2 Å². The average Bonchev–Trinajstić information content (AvgIpc) is 2.90. The lowest BCUT2D eigenvalue weighted by atomic mass is 10.1. The number of carbonyl (C=O) groups excluding carboxylic acids is 1. The van der Waals surface area contributed by atoms with Crippen LogP contribution in [0, 0.1) is 5.82 Å². The van der Waals surface area contributed by atoms with Gasteiger partial charge < -0.3 is 10.3 Å². The Morgan fingerprint density at radius 3 is 2.85 bits per heavy atom. The summed E-state index contributed by atoms with van der Waals surface area (Å²) < 4.78 is 14.4. The van der Waals surface area contributed by atoms with Crippen LogP contribution >= 0.6 is 15.9 Å². The summed E-state index contributed by atoms with van der Waals surface area (Å²) in [6, 6.07) is 11.7. The van der Waals surface area contributed by atoms with Gasteiger partial charge in [-0.2, -0.15) is 0 Å². The van der Waals surface area contributed by atoms with Crippen LogP contribution in [-0.2, 0) is 0 Å². The van der Waals surface area contributed by atoms with Crippen molar-refractivity contribution < 1.29 is 9.18 Å². The summed E-state index contributed by atoms with van der Waals surface area (Å²) in [5, 5.41) is 3.39. The number of halogens is 2. The van der Waals surface area contributed by atoms with E-state index in [9.17, 15) is 9.18 Å². The number of amides is 1. The first-order chi connectivity index (χ1) is 9.65. The fourth-order valence-corrected chi connectivity index (χ4v) is 2.40. The van der Waals surface area contributed by atoms with Crippen LogP contribution in [0.2, 0.25) is 0 Å². The number of nitrogens with one attached hydrogen (secondary N) is 2. The van der Waals surface area contributed by atoms with E-state index in [1.807, 2.05) is 12.1 Å². The molecule has 2 N–H and O–H groups in total. The molecular formula is C15H10BrFN2O. The molecule has 0 saturated heterocycles. The van der Waals surface area contributed by atoms with E-state index in [0.29, 0.717) is 10.0 Å². The predicted molar refractivity (Wildman–Crippen MR) is 80.4 cm³/mol. The minimum Gasteiger partial charge on any atom is -0.361 e. The predicted octanol–water partition coefficient (Wildman–Crippen LogP) is 4.32. The van der Waals surface area contributed by atoms with Gasteiger partial charge in [0.2, 0.25) is 0 Å². The summed E-state index contributed by atoms with van der Waals surface area (Å²) in [5.41, 5.74) is 1.53. The molecule has 1 heterocycles. The Labute approximate surface area is 122 Å². The minimum atomic E-state index is -0.478. The van der Waals surface area contributed by atoms with E-state index in [1.165, 1.54) is 12.1 Å². The largest absolute Gasteiger partial charge is 0.361 e. The lowest BCUT2D eigenvalue weighted by Gasteiger charge is -2.07. The number of anilines is 1. The van der Waals surface area contributed by atoms with Gasteiger partial charge in [-0.15, -0.1) is 0 Å². The number of aromatic amines is 1. The maximum absolute atomic E-state index is 13.7. The first kappa shape index (κ1) is 12.9. The van der Waals surface area contributed by atoms with Gasteiger partial charge in [0.25, 0.3) is 5.91 Å². The monoisotopic (exact) mass is 332 g/mol. The zero-order valence-corrected chi connectivity index (χ0v) is 11.9. The zero-order chi connectivity index (χ0) is 14.1. The van der Waals surface area contributed by atoms with Gasteiger partial charge in [-0.3, -0.25) is 4.79 Å². The number of hydrogen-bond donors (Lipinski definition) is 2. The van der Waals surface area contributed by atoms with Crippen LogP contribution in [0.15, 0.2) is 53.1 Å². The second-order valence-electron chi connectivity index (χ2n) is 4.32. The molecule has 5 heteroatoms. The molecule has 3 rings (SSSR count). The highest BCUT2D eigenvalue weighted by atomic mass is 79.9. The van der Waals surface area contributed by atoms with Gasteiger partial charge in [-0.05, 0) is 36.4 Å². The fraction of sp³-hybridized carbons (Fsp3) is 0. The van der Waals surface area contributed by atoms with Crippen LogP contribution in [0.4, 0.5) is 10.1 Å². The van der Waals surface area contributed by atoms with Crippen molar-refractivity contribution in [2.75, 3.05) is 5.32 Å². The first-order valence-electron chi connectivity index (χ1n) is 5.97. The third-order valence-electron chi connectivity index (χ3n) is 3.02. The van der Waals surface area contributed by atoms with E-state index in [1.54, 1.807) is 24.4 Å². The first-order valence-corrected chi connectivity index (χ1v) is 6.77. The molecule has 0 aliphatic rings. The van der Waals surface area contributed by atoms with Gasteiger partial charge in [0.05, 0.1) is 5.69 Å². The number of benzene rings is 2. The Balaban J connectivity index is 1.95. The van der Waals surface area contributed by atoms with Crippen LogP contribution in [0.25, 0.3) is 10.9 Å². The molecule has 0 aliphatic heterocycles. The van der Waals surface area contributed by atoms with Crippen molar-refractivity contribution in [3.63, 3.8) is 0 Å². The van der Waals surface area contributed by atoms with Gasteiger partial charge in [0.1, 0.15) is 5.82 Å². The maximum Gasteiger partial charge on any atom is 0.256 e. The van der Waals surface area contributed by atoms with Crippen molar-refractivity contribution in [3.05, 3.63) is 64.5 Å². The Morgan fingerprint density at radius 2 is 2.05 bits per heavy atom. The third-order valence-corrected chi connectivity index (χ3v) is 3.51. The second kappa shape index (κ2) is 5.09. The SMILES string of the molecule is O=C(Nc1ccc(Br)cc1F)c1cccc2[nH]ccc12. The van der Waals surface area contributed by atoms with E-state index in [4.69, 9.17) is 0 Å². The highest BCUT2D eigenvalue weighted by Crippen LogP contribution is 2.22. The van der Waals surface area contributed by atoms with Gasteiger partial charge >= 0.3 is 0 Å². The lowest BCUT2D eigenvalue weighted by Crippen LogP contribution is -2.13. The van der Waals surface area contributed by atoms with Crippen LogP contribution in [-0.4, -0.2) is 10.9 Å². The normalized spacial score (nSPS) is 10.7. The van der Waals surface area contributed by atoms with E-state index >= 15 is 0 Å². The Bertz CT molecular complexity index is 797. The molecule has 3 aromatic rings.